The lowest BCUT2D eigenvalue weighted by atomic mass is 10.0. The standard InChI is InChI=1S/C58H107NO3/c1-3-5-7-9-11-13-15-17-19-21-23-25-26-27-28-29-30-31-32-34-36-38-40-42-44-46-48-50-52-54-58(62)59-56(55-60)57(61)53-51-49-47-45-43-41-39-37-35-33-24-22-20-18-16-14-12-10-8-6-4-2/h15,17,21,23,26-27,43,45,51,53,56-57,60-61H,3-14,16,18-20,22,24-25,28-42,44,46-50,52,54-55H2,1-2H3,(H,59,62)/b17-15-,23-21-,27-26-,45-43+,53-51+. The highest BCUT2D eigenvalue weighted by Crippen LogP contribution is 2.16. The monoisotopic (exact) mass is 866 g/mol. The van der Waals surface area contributed by atoms with E-state index >= 15 is 0 Å². The van der Waals surface area contributed by atoms with Crippen LogP contribution in [0.4, 0.5) is 0 Å². The van der Waals surface area contributed by atoms with Crippen LogP contribution >= 0.6 is 0 Å². The van der Waals surface area contributed by atoms with Crippen molar-refractivity contribution in [2.45, 2.75) is 296 Å². The molecule has 0 aromatic heterocycles. The molecule has 2 atom stereocenters. The van der Waals surface area contributed by atoms with Crippen molar-refractivity contribution in [2.24, 2.45) is 0 Å². The molecular weight excluding hydrogens is 759 g/mol. The maximum atomic E-state index is 12.5. The van der Waals surface area contributed by atoms with Crippen LogP contribution in [0.1, 0.15) is 284 Å². The molecule has 0 aromatic carbocycles. The third-order valence-electron chi connectivity index (χ3n) is 12.5. The van der Waals surface area contributed by atoms with E-state index in [-0.39, 0.29) is 12.5 Å². The number of unbranched alkanes of at least 4 members (excludes halogenated alkanes) is 35. The summed E-state index contributed by atoms with van der Waals surface area (Å²) in [6.45, 7) is 4.30. The molecule has 0 radical (unpaired) electrons. The summed E-state index contributed by atoms with van der Waals surface area (Å²) in [5.41, 5.74) is 0. The number of carbonyl (C=O) groups is 1. The largest absolute Gasteiger partial charge is 0.394 e. The zero-order valence-corrected chi connectivity index (χ0v) is 41.6. The molecule has 362 valence electrons. The van der Waals surface area contributed by atoms with Crippen LogP contribution in [0.2, 0.25) is 0 Å². The number of aliphatic hydroxyl groups excluding tert-OH is 2. The minimum Gasteiger partial charge on any atom is -0.394 e. The number of hydrogen-bond donors (Lipinski definition) is 3. The highest BCUT2D eigenvalue weighted by atomic mass is 16.3. The molecule has 0 aliphatic rings. The molecule has 0 rings (SSSR count). The van der Waals surface area contributed by atoms with Gasteiger partial charge in [-0.2, -0.15) is 0 Å². The van der Waals surface area contributed by atoms with Crippen LogP contribution < -0.4 is 5.32 Å². The van der Waals surface area contributed by atoms with Crippen LogP contribution in [0.15, 0.2) is 60.8 Å². The van der Waals surface area contributed by atoms with E-state index in [9.17, 15) is 15.0 Å². The van der Waals surface area contributed by atoms with Crippen LogP contribution in [0.5, 0.6) is 0 Å². The van der Waals surface area contributed by atoms with Crippen LogP contribution in [0.3, 0.4) is 0 Å². The molecule has 0 aromatic rings. The molecule has 0 heterocycles. The van der Waals surface area contributed by atoms with Crippen molar-refractivity contribution in [3.05, 3.63) is 60.8 Å². The van der Waals surface area contributed by atoms with E-state index in [1.807, 2.05) is 6.08 Å². The number of allylic oxidation sites excluding steroid dienone is 9. The van der Waals surface area contributed by atoms with E-state index in [4.69, 9.17) is 0 Å². The van der Waals surface area contributed by atoms with E-state index in [1.165, 1.54) is 218 Å². The van der Waals surface area contributed by atoms with Gasteiger partial charge in [0, 0.05) is 6.42 Å². The van der Waals surface area contributed by atoms with Crippen molar-refractivity contribution >= 4 is 5.91 Å². The Morgan fingerprint density at radius 1 is 0.387 bits per heavy atom. The third kappa shape index (κ3) is 49.1. The first-order valence-electron chi connectivity index (χ1n) is 27.5. The summed E-state index contributed by atoms with van der Waals surface area (Å²) < 4.78 is 0. The SMILES string of the molecule is CCCCCCC/C=C\C/C=C\C/C=C\CCCCCCCCCCCCCCCCC(=O)NC(CO)C(O)/C=C/CC/C=C/CCCCCCCCCCCCCCCCC. The molecule has 0 spiro atoms. The molecule has 0 aliphatic heterocycles. The van der Waals surface area contributed by atoms with Gasteiger partial charge in [0.05, 0.1) is 18.8 Å². The van der Waals surface area contributed by atoms with Gasteiger partial charge in [0.2, 0.25) is 5.91 Å². The first-order chi connectivity index (χ1) is 30.7. The lowest BCUT2D eigenvalue weighted by Crippen LogP contribution is -2.45. The molecule has 4 nitrogen and oxygen atoms in total. The van der Waals surface area contributed by atoms with Gasteiger partial charge in [-0.15, -0.1) is 0 Å². The van der Waals surface area contributed by atoms with Gasteiger partial charge in [0.1, 0.15) is 0 Å². The van der Waals surface area contributed by atoms with Crippen molar-refractivity contribution in [3.8, 4) is 0 Å². The molecule has 1 amide bonds. The van der Waals surface area contributed by atoms with Crippen LogP contribution in [-0.4, -0.2) is 34.9 Å². The van der Waals surface area contributed by atoms with Gasteiger partial charge in [-0.25, -0.2) is 0 Å². The third-order valence-corrected chi connectivity index (χ3v) is 12.5. The van der Waals surface area contributed by atoms with E-state index in [2.05, 4.69) is 67.8 Å². The van der Waals surface area contributed by atoms with E-state index in [1.54, 1.807) is 6.08 Å². The zero-order chi connectivity index (χ0) is 44.9. The molecule has 4 heteroatoms. The second kappa shape index (κ2) is 53.4. The van der Waals surface area contributed by atoms with Crippen molar-refractivity contribution < 1.29 is 15.0 Å². The topological polar surface area (TPSA) is 69.6 Å². The summed E-state index contributed by atoms with van der Waals surface area (Å²) >= 11 is 0. The Labute approximate surface area is 387 Å². The fraction of sp³-hybridized carbons (Fsp3) is 0.810. The molecule has 0 saturated heterocycles. The Balaban J connectivity index is 3.54. The summed E-state index contributed by atoms with van der Waals surface area (Å²) in [5.74, 6) is -0.0732. The minimum atomic E-state index is -0.865. The summed E-state index contributed by atoms with van der Waals surface area (Å²) in [6, 6.07) is -0.642. The fourth-order valence-electron chi connectivity index (χ4n) is 8.26. The number of carbonyl (C=O) groups excluding carboxylic acids is 1. The summed E-state index contributed by atoms with van der Waals surface area (Å²) in [5, 5.41) is 23.1. The number of nitrogens with one attached hydrogen (secondary N) is 1. The van der Waals surface area contributed by atoms with E-state index in [0.29, 0.717) is 6.42 Å². The lowest BCUT2D eigenvalue weighted by molar-refractivity contribution is -0.123. The van der Waals surface area contributed by atoms with Crippen molar-refractivity contribution in [3.63, 3.8) is 0 Å². The van der Waals surface area contributed by atoms with Gasteiger partial charge in [-0.05, 0) is 70.6 Å². The molecule has 0 bridgehead atoms. The maximum Gasteiger partial charge on any atom is 0.220 e. The fourth-order valence-corrected chi connectivity index (χ4v) is 8.26. The predicted octanol–water partition coefficient (Wildman–Crippen LogP) is 18.0. The summed E-state index contributed by atoms with van der Waals surface area (Å²) in [7, 11) is 0. The Morgan fingerprint density at radius 2 is 0.677 bits per heavy atom. The Hall–Kier alpha value is -1.91. The minimum absolute atomic E-state index is 0.0732. The molecule has 0 saturated carbocycles. The van der Waals surface area contributed by atoms with Crippen molar-refractivity contribution in [2.75, 3.05) is 6.61 Å². The van der Waals surface area contributed by atoms with Crippen LogP contribution in [0, 0.1) is 0 Å². The molecule has 0 fully saturated rings. The average molecular weight is 866 g/mol. The van der Waals surface area contributed by atoms with Crippen LogP contribution in [-0.2, 0) is 4.79 Å². The Morgan fingerprint density at radius 3 is 1.05 bits per heavy atom. The first kappa shape index (κ1) is 60.1. The van der Waals surface area contributed by atoms with E-state index < -0.39 is 12.1 Å². The predicted molar refractivity (Wildman–Crippen MR) is 276 cm³/mol. The average Bonchev–Trinajstić information content (AvgIpc) is 3.28. The van der Waals surface area contributed by atoms with Gasteiger partial charge in [0.15, 0.2) is 0 Å². The van der Waals surface area contributed by atoms with Gasteiger partial charge in [0.25, 0.3) is 0 Å². The Bertz CT molecular complexity index is 1030. The Kier molecular flexibility index (Phi) is 51.8. The normalized spacial score (nSPS) is 13.3. The summed E-state index contributed by atoms with van der Waals surface area (Å²) in [4.78, 5) is 12.5. The lowest BCUT2D eigenvalue weighted by Gasteiger charge is -2.19. The second-order valence-electron chi connectivity index (χ2n) is 18.6. The number of aliphatic hydroxyl groups is 2. The van der Waals surface area contributed by atoms with Gasteiger partial charge < -0.3 is 15.5 Å². The molecule has 2 unspecified atom stereocenters. The zero-order valence-electron chi connectivity index (χ0n) is 41.6. The number of rotatable bonds is 50. The van der Waals surface area contributed by atoms with Gasteiger partial charge in [-0.3, -0.25) is 4.79 Å². The first-order valence-corrected chi connectivity index (χ1v) is 27.5. The van der Waals surface area contributed by atoms with Crippen molar-refractivity contribution in [1.29, 1.82) is 0 Å². The highest BCUT2D eigenvalue weighted by Gasteiger charge is 2.18. The number of amides is 1. The maximum absolute atomic E-state index is 12.5. The summed E-state index contributed by atoms with van der Waals surface area (Å²) in [6.07, 6.45) is 75.2. The highest BCUT2D eigenvalue weighted by molar-refractivity contribution is 5.76. The molecule has 0 aliphatic carbocycles. The van der Waals surface area contributed by atoms with Crippen molar-refractivity contribution in [1.82, 2.24) is 5.32 Å². The molecular formula is C58H107NO3. The molecule has 62 heavy (non-hydrogen) atoms. The number of hydrogen-bond acceptors (Lipinski definition) is 3. The van der Waals surface area contributed by atoms with Crippen LogP contribution in [0.25, 0.3) is 0 Å². The van der Waals surface area contributed by atoms with Gasteiger partial charge in [-0.1, -0.05) is 267 Å². The van der Waals surface area contributed by atoms with E-state index in [0.717, 1.165) is 44.9 Å². The smallest absolute Gasteiger partial charge is 0.220 e. The second-order valence-corrected chi connectivity index (χ2v) is 18.6. The quantitative estimate of drug-likeness (QED) is 0.0421. The molecule has 3 N–H and O–H groups in total. The van der Waals surface area contributed by atoms with Gasteiger partial charge >= 0.3 is 0 Å².